The van der Waals surface area contributed by atoms with Gasteiger partial charge in [0.15, 0.2) is 0 Å². The zero-order valence-corrected chi connectivity index (χ0v) is 13.0. The summed E-state index contributed by atoms with van der Waals surface area (Å²) in [6.45, 7) is 3.12. The van der Waals surface area contributed by atoms with Crippen LogP contribution in [0.5, 0.6) is 0 Å². The van der Waals surface area contributed by atoms with Crippen molar-refractivity contribution >= 4 is 40.5 Å². The van der Waals surface area contributed by atoms with E-state index in [-0.39, 0.29) is 0 Å². The molecule has 0 radical (unpaired) electrons. The third-order valence-electron chi connectivity index (χ3n) is 2.84. The summed E-state index contributed by atoms with van der Waals surface area (Å²) in [5.74, 6) is 0. The summed E-state index contributed by atoms with van der Waals surface area (Å²) < 4.78 is 0. The van der Waals surface area contributed by atoms with Crippen LogP contribution in [0.15, 0.2) is 12.1 Å². The smallest absolute Gasteiger partial charge is 0.0720 e. The second kappa shape index (κ2) is 8.90. The maximum atomic E-state index is 6.08. The van der Waals surface area contributed by atoms with Crippen LogP contribution in [0.2, 0.25) is 15.1 Å². The Labute approximate surface area is 125 Å². The molecular formula is C14H20Cl3N. The van der Waals surface area contributed by atoms with Crippen molar-refractivity contribution in [2.75, 3.05) is 11.9 Å². The number of anilines is 1. The van der Waals surface area contributed by atoms with Crippen LogP contribution in [0.25, 0.3) is 0 Å². The van der Waals surface area contributed by atoms with Crippen molar-refractivity contribution < 1.29 is 0 Å². The van der Waals surface area contributed by atoms with Crippen LogP contribution in [0.3, 0.4) is 0 Å². The molecule has 0 aliphatic rings. The van der Waals surface area contributed by atoms with Crippen LogP contribution in [0.1, 0.15) is 45.4 Å². The highest BCUT2D eigenvalue weighted by atomic mass is 35.5. The molecule has 0 amide bonds. The molecule has 0 aromatic heterocycles. The van der Waals surface area contributed by atoms with E-state index >= 15 is 0 Å². The first kappa shape index (κ1) is 15.9. The van der Waals surface area contributed by atoms with Crippen molar-refractivity contribution in [1.29, 1.82) is 0 Å². The molecule has 0 aliphatic carbocycles. The highest BCUT2D eigenvalue weighted by Crippen LogP contribution is 2.33. The Morgan fingerprint density at radius 2 is 1.44 bits per heavy atom. The number of benzene rings is 1. The monoisotopic (exact) mass is 307 g/mol. The Balaban J connectivity index is 2.27. The van der Waals surface area contributed by atoms with Gasteiger partial charge in [0.05, 0.1) is 15.7 Å². The molecule has 1 nitrogen and oxygen atoms in total. The van der Waals surface area contributed by atoms with E-state index in [0.717, 1.165) is 18.7 Å². The molecule has 18 heavy (non-hydrogen) atoms. The SMILES string of the molecule is CCCCCCCCNc1c(Cl)cc(Cl)cc1Cl. The van der Waals surface area contributed by atoms with E-state index in [1.54, 1.807) is 12.1 Å². The number of hydrogen-bond acceptors (Lipinski definition) is 1. The molecule has 0 saturated carbocycles. The predicted molar refractivity (Wildman–Crippen MR) is 83.3 cm³/mol. The van der Waals surface area contributed by atoms with Crippen LogP contribution in [0, 0.1) is 0 Å². The predicted octanol–water partition coefficient (Wildman–Crippen LogP) is 6.42. The average molecular weight is 309 g/mol. The molecule has 0 atom stereocenters. The van der Waals surface area contributed by atoms with E-state index in [1.165, 1.54) is 32.1 Å². The standard InChI is InChI=1S/C14H20Cl3N/c1-2-3-4-5-6-7-8-18-14-12(16)9-11(15)10-13(14)17/h9-10,18H,2-8H2,1H3. The molecule has 1 rings (SSSR count). The van der Waals surface area contributed by atoms with Crippen molar-refractivity contribution in [3.05, 3.63) is 27.2 Å². The lowest BCUT2D eigenvalue weighted by molar-refractivity contribution is 0.617. The molecule has 0 unspecified atom stereocenters. The quantitative estimate of drug-likeness (QED) is 0.546. The fraction of sp³-hybridized carbons (Fsp3) is 0.571. The third kappa shape index (κ3) is 5.69. The zero-order valence-electron chi connectivity index (χ0n) is 10.7. The van der Waals surface area contributed by atoms with Gasteiger partial charge >= 0.3 is 0 Å². The molecule has 1 aromatic carbocycles. The van der Waals surface area contributed by atoms with Gasteiger partial charge in [0.1, 0.15) is 0 Å². The van der Waals surface area contributed by atoms with Crippen molar-refractivity contribution in [3.63, 3.8) is 0 Å². The van der Waals surface area contributed by atoms with Crippen molar-refractivity contribution in [2.24, 2.45) is 0 Å². The number of halogens is 3. The van der Waals surface area contributed by atoms with E-state index in [4.69, 9.17) is 34.8 Å². The molecule has 0 aliphatic heterocycles. The normalized spacial score (nSPS) is 10.7. The van der Waals surface area contributed by atoms with Gasteiger partial charge in [-0.3, -0.25) is 0 Å². The molecule has 102 valence electrons. The van der Waals surface area contributed by atoms with E-state index in [2.05, 4.69) is 12.2 Å². The van der Waals surface area contributed by atoms with Crippen LogP contribution < -0.4 is 5.32 Å². The van der Waals surface area contributed by atoms with Crippen molar-refractivity contribution in [1.82, 2.24) is 0 Å². The minimum atomic E-state index is 0.565. The van der Waals surface area contributed by atoms with Crippen LogP contribution in [-0.4, -0.2) is 6.54 Å². The van der Waals surface area contributed by atoms with Gasteiger partial charge < -0.3 is 5.32 Å². The Morgan fingerprint density at radius 3 is 2.06 bits per heavy atom. The van der Waals surface area contributed by atoms with Crippen molar-refractivity contribution in [3.8, 4) is 0 Å². The lowest BCUT2D eigenvalue weighted by atomic mass is 10.1. The molecule has 4 heteroatoms. The Bertz CT molecular complexity index is 343. The molecule has 1 aromatic rings. The summed E-state index contributed by atoms with van der Waals surface area (Å²) in [4.78, 5) is 0. The van der Waals surface area contributed by atoms with Crippen LogP contribution in [0.4, 0.5) is 5.69 Å². The lowest BCUT2D eigenvalue weighted by Crippen LogP contribution is -2.02. The molecule has 0 saturated heterocycles. The summed E-state index contributed by atoms with van der Waals surface area (Å²) in [5, 5.41) is 5.01. The molecular weight excluding hydrogens is 289 g/mol. The number of nitrogens with one attached hydrogen (secondary N) is 1. The van der Waals surface area contributed by atoms with Crippen LogP contribution >= 0.6 is 34.8 Å². The zero-order chi connectivity index (χ0) is 13.4. The largest absolute Gasteiger partial charge is 0.383 e. The molecule has 0 fully saturated rings. The summed E-state index contributed by atoms with van der Waals surface area (Å²) in [6, 6.07) is 3.41. The summed E-state index contributed by atoms with van der Waals surface area (Å²) >= 11 is 18.0. The van der Waals surface area contributed by atoms with E-state index < -0.39 is 0 Å². The minimum absolute atomic E-state index is 0.565. The van der Waals surface area contributed by atoms with Gasteiger partial charge in [-0.15, -0.1) is 0 Å². The highest BCUT2D eigenvalue weighted by Gasteiger charge is 2.06. The van der Waals surface area contributed by atoms with E-state index in [0.29, 0.717) is 15.1 Å². The van der Waals surface area contributed by atoms with E-state index in [1.807, 2.05) is 0 Å². The molecule has 0 heterocycles. The lowest BCUT2D eigenvalue weighted by Gasteiger charge is -2.10. The molecule has 0 bridgehead atoms. The van der Waals surface area contributed by atoms with Gasteiger partial charge in [0.25, 0.3) is 0 Å². The maximum absolute atomic E-state index is 6.08. The van der Waals surface area contributed by atoms with Gasteiger partial charge in [0, 0.05) is 11.6 Å². The first-order chi connectivity index (χ1) is 8.65. The van der Waals surface area contributed by atoms with Crippen LogP contribution in [-0.2, 0) is 0 Å². The Hall–Kier alpha value is -0.110. The van der Waals surface area contributed by atoms with Gasteiger partial charge in [-0.1, -0.05) is 73.8 Å². The van der Waals surface area contributed by atoms with Gasteiger partial charge in [-0.25, -0.2) is 0 Å². The summed E-state index contributed by atoms with van der Waals surface area (Å²) in [7, 11) is 0. The molecule has 0 spiro atoms. The number of rotatable bonds is 8. The fourth-order valence-corrected chi connectivity index (χ4v) is 2.78. The first-order valence-corrected chi connectivity index (χ1v) is 7.67. The number of unbranched alkanes of at least 4 members (excludes halogenated alkanes) is 5. The number of hydrogen-bond donors (Lipinski definition) is 1. The second-order valence-electron chi connectivity index (χ2n) is 4.44. The van der Waals surface area contributed by atoms with E-state index in [9.17, 15) is 0 Å². The highest BCUT2D eigenvalue weighted by molar-refractivity contribution is 6.41. The van der Waals surface area contributed by atoms with Gasteiger partial charge in [-0.05, 0) is 18.6 Å². The average Bonchev–Trinajstić information content (AvgIpc) is 2.30. The van der Waals surface area contributed by atoms with Gasteiger partial charge in [-0.2, -0.15) is 0 Å². The maximum Gasteiger partial charge on any atom is 0.0720 e. The minimum Gasteiger partial charge on any atom is -0.383 e. The van der Waals surface area contributed by atoms with Gasteiger partial charge in [0.2, 0.25) is 0 Å². The Morgan fingerprint density at radius 1 is 0.889 bits per heavy atom. The fourth-order valence-electron chi connectivity index (χ4n) is 1.83. The summed E-state index contributed by atoms with van der Waals surface area (Å²) in [6.07, 6.45) is 7.64. The molecule has 1 N–H and O–H groups in total. The third-order valence-corrected chi connectivity index (χ3v) is 3.65. The first-order valence-electron chi connectivity index (χ1n) is 6.53. The summed E-state index contributed by atoms with van der Waals surface area (Å²) in [5.41, 5.74) is 0.788. The van der Waals surface area contributed by atoms with Crippen molar-refractivity contribution in [2.45, 2.75) is 45.4 Å². The topological polar surface area (TPSA) is 12.0 Å². The Kier molecular flexibility index (Phi) is 7.88. The second-order valence-corrected chi connectivity index (χ2v) is 5.69.